The molecule has 0 amide bonds. The van der Waals surface area contributed by atoms with E-state index in [2.05, 4.69) is 9.84 Å². The lowest BCUT2D eigenvalue weighted by atomic mass is 10.1. The van der Waals surface area contributed by atoms with Gasteiger partial charge in [-0.1, -0.05) is 0 Å². The zero-order valence-electron chi connectivity index (χ0n) is 11.3. The van der Waals surface area contributed by atoms with Crippen LogP contribution in [0.5, 0.6) is 0 Å². The van der Waals surface area contributed by atoms with Gasteiger partial charge in [0.1, 0.15) is 17.4 Å². The molecule has 0 spiro atoms. The van der Waals surface area contributed by atoms with E-state index in [0.29, 0.717) is 0 Å². The fourth-order valence-electron chi connectivity index (χ4n) is 1.78. The molecular weight excluding hydrogens is 277 g/mol. The van der Waals surface area contributed by atoms with E-state index in [-0.39, 0.29) is 22.5 Å². The highest BCUT2D eigenvalue weighted by Crippen LogP contribution is 2.11. The maximum atomic E-state index is 12.9. The van der Waals surface area contributed by atoms with Gasteiger partial charge in [-0.15, -0.1) is 0 Å². The van der Waals surface area contributed by atoms with Crippen molar-refractivity contribution in [1.29, 1.82) is 5.26 Å². The average molecular weight is 287 g/mol. The molecule has 0 bridgehead atoms. The second kappa shape index (κ2) is 5.54. The summed E-state index contributed by atoms with van der Waals surface area (Å²) in [7, 11) is 1.17. The third-order valence-electron chi connectivity index (χ3n) is 2.90. The number of esters is 1. The minimum absolute atomic E-state index is 0.141. The molecule has 1 aromatic heterocycles. The van der Waals surface area contributed by atoms with Crippen LogP contribution in [-0.4, -0.2) is 22.9 Å². The average Bonchev–Trinajstić information content (AvgIpc) is 2.48. The number of carbonyl (C=O) groups excluding carboxylic acids is 1. The third kappa shape index (κ3) is 2.51. The van der Waals surface area contributed by atoms with Gasteiger partial charge in [0.25, 0.3) is 5.56 Å². The maximum Gasteiger partial charge on any atom is 0.358 e. The molecule has 2 aromatic rings. The summed E-state index contributed by atoms with van der Waals surface area (Å²) < 4.78 is 18.4. The third-order valence-corrected chi connectivity index (χ3v) is 2.90. The van der Waals surface area contributed by atoms with Crippen molar-refractivity contribution < 1.29 is 13.9 Å². The van der Waals surface area contributed by atoms with Gasteiger partial charge in [0.05, 0.1) is 12.8 Å². The molecule has 0 saturated heterocycles. The Morgan fingerprint density at radius 3 is 2.52 bits per heavy atom. The van der Waals surface area contributed by atoms with Crippen LogP contribution in [0.3, 0.4) is 0 Å². The van der Waals surface area contributed by atoms with Crippen LogP contribution in [0.2, 0.25) is 0 Å². The van der Waals surface area contributed by atoms with Gasteiger partial charge in [0, 0.05) is 5.56 Å². The number of benzene rings is 1. The van der Waals surface area contributed by atoms with Crippen molar-refractivity contribution in [1.82, 2.24) is 9.78 Å². The van der Waals surface area contributed by atoms with Crippen LogP contribution in [0.4, 0.5) is 4.39 Å². The molecule has 0 fully saturated rings. The fraction of sp³-hybridized carbons (Fsp3) is 0.143. The first kappa shape index (κ1) is 14.4. The Bertz CT molecular complexity index is 804. The number of hydrogen-bond acceptors (Lipinski definition) is 5. The van der Waals surface area contributed by atoms with E-state index < -0.39 is 17.3 Å². The van der Waals surface area contributed by atoms with Crippen molar-refractivity contribution in [3.8, 4) is 11.8 Å². The Kier molecular flexibility index (Phi) is 3.80. The summed E-state index contributed by atoms with van der Waals surface area (Å²) in [6, 6.07) is 6.68. The molecule has 0 aliphatic rings. The number of halogens is 1. The Morgan fingerprint density at radius 1 is 1.38 bits per heavy atom. The number of aromatic nitrogens is 2. The highest BCUT2D eigenvalue weighted by atomic mass is 19.1. The summed E-state index contributed by atoms with van der Waals surface area (Å²) in [5, 5.41) is 13.0. The van der Waals surface area contributed by atoms with Crippen LogP contribution >= 0.6 is 0 Å². The Morgan fingerprint density at radius 2 is 2.00 bits per heavy atom. The number of ether oxygens (including phenoxy) is 1. The van der Waals surface area contributed by atoms with E-state index in [1.54, 1.807) is 6.07 Å². The molecule has 0 aliphatic heterocycles. The summed E-state index contributed by atoms with van der Waals surface area (Å²) in [4.78, 5) is 23.9. The number of nitriles is 1. The summed E-state index contributed by atoms with van der Waals surface area (Å²) in [6.45, 7) is 1.44. The van der Waals surface area contributed by atoms with Crippen LogP contribution in [0.1, 0.15) is 21.6 Å². The van der Waals surface area contributed by atoms with Gasteiger partial charge >= 0.3 is 5.97 Å². The number of methoxy groups -OCH3 is 1. The molecule has 0 N–H and O–H groups in total. The lowest BCUT2D eigenvalue weighted by Crippen LogP contribution is -2.28. The highest BCUT2D eigenvalue weighted by Gasteiger charge is 2.20. The molecule has 0 atom stereocenters. The lowest BCUT2D eigenvalue weighted by Gasteiger charge is -2.10. The van der Waals surface area contributed by atoms with Gasteiger partial charge in [-0.25, -0.2) is 9.18 Å². The zero-order valence-corrected chi connectivity index (χ0v) is 11.3. The van der Waals surface area contributed by atoms with Gasteiger partial charge in [-0.3, -0.25) is 4.79 Å². The van der Waals surface area contributed by atoms with E-state index in [0.717, 1.165) is 16.8 Å². The van der Waals surface area contributed by atoms with E-state index in [1.807, 2.05) is 0 Å². The fourth-order valence-corrected chi connectivity index (χ4v) is 1.78. The first-order chi connectivity index (χ1) is 9.99. The summed E-state index contributed by atoms with van der Waals surface area (Å²) in [6.07, 6.45) is 0. The highest BCUT2D eigenvalue weighted by molar-refractivity contribution is 5.89. The van der Waals surface area contributed by atoms with Crippen molar-refractivity contribution in [3.05, 3.63) is 57.3 Å². The molecule has 0 aliphatic carbocycles. The largest absolute Gasteiger partial charge is 0.464 e. The molecule has 0 unspecified atom stereocenters. The van der Waals surface area contributed by atoms with Crippen molar-refractivity contribution in [3.63, 3.8) is 0 Å². The number of hydrogen-bond donors (Lipinski definition) is 0. The Labute approximate surface area is 119 Å². The predicted octanol–water partition coefficient (Wildman–Crippen LogP) is 1.34. The maximum absolute atomic E-state index is 12.9. The van der Waals surface area contributed by atoms with Crippen molar-refractivity contribution in [2.75, 3.05) is 7.11 Å². The molecule has 0 radical (unpaired) electrons. The van der Waals surface area contributed by atoms with Crippen LogP contribution in [0.25, 0.3) is 5.69 Å². The SMILES string of the molecule is COC(=O)c1nn(-c2ccc(F)cc2)c(=O)c(C#N)c1C. The standard InChI is InChI=1S/C14H10FN3O3/c1-8-11(7-16)13(19)18(17-12(8)14(20)21-2)10-5-3-9(15)4-6-10/h3-6H,1-2H3. The molecule has 7 heteroatoms. The molecular formula is C14H10FN3O3. The van der Waals surface area contributed by atoms with E-state index in [4.69, 9.17) is 5.26 Å². The molecule has 6 nitrogen and oxygen atoms in total. The van der Waals surface area contributed by atoms with E-state index in [1.165, 1.54) is 26.2 Å². The van der Waals surface area contributed by atoms with Gasteiger partial charge < -0.3 is 4.74 Å². The number of nitrogens with zero attached hydrogens (tertiary/aromatic N) is 3. The zero-order chi connectivity index (χ0) is 15.6. The van der Waals surface area contributed by atoms with Crippen LogP contribution in [0, 0.1) is 24.1 Å². The van der Waals surface area contributed by atoms with Gasteiger partial charge in [0.2, 0.25) is 0 Å². The topological polar surface area (TPSA) is 85.0 Å². The van der Waals surface area contributed by atoms with Gasteiger partial charge in [-0.05, 0) is 31.2 Å². The second-order valence-corrected chi connectivity index (χ2v) is 4.15. The minimum Gasteiger partial charge on any atom is -0.464 e. The van der Waals surface area contributed by atoms with Crippen LogP contribution in [-0.2, 0) is 4.74 Å². The molecule has 2 rings (SSSR count). The predicted molar refractivity (Wildman–Crippen MR) is 70.6 cm³/mol. The Hall–Kier alpha value is -3.01. The van der Waals surface area contributed by atoms with Crippen LogP contribution < -0.4 is 5.56 Å². The normalized spacial score (nSPS) is 10.0. The van der Waals surface area contributed by atoms with Crippen LogP contribution in [0.15, 0.2) is 29.1 Å². The quantitative estimate of drug-likeness (QED) is 0.778. The first-order valence-electron chi connectivity index (χ1n) is 5.88. The van der Waals surface area contributed by atoms with E-state index in [9.17, 15) is 14.0 Å². The smallest absolute Gasteiger partial charge is 0.358 e. The molecule has 106 valence electrons. The monoisotopic (exact) mass is 287 g/mol. The Balaban J connectivity index is 2.78. The van der Waals surface area contributed by atoms with Crippen molar-refractivity contribution >= 4 is 5.97 Å². The summed E-state index contributed by atoms with van der Waals surface area (Å²) in [5.41, 5.74) is -0.655. The van der Waals surface area contributed by atoms with Crippen molar-refractivity contribution in [2.24, 2.45) is 0 Å². The summed E-state index contributed by atoms with van der Waals surface area (Å²) >= 11 is 0. The summed E-state index contributed by atoms with van der Waals surface area (Å²) in [5.74, 6) is -1.24. The lowest BCUT2D eigenvalue weighted by molar-refractivity contribution is 0.0590. The number of carbonyl (C=O) groups is 1. The molecule has 1 heterocycles. The molecule has 21 heavy (non-hydrogen) atoms. The minimum atomic E-state index is -0.764. The van der Waals surface area contributed by atoms with Crippen molar-refractivity contribution in [2.45, 2.75) is 6.92 Å². The van der Waals surface area contributed by atoms with E-state index >= 15 is 0 Å². The second-order valence-electron chi connectivity index (χ2n) is 4.15. The first-order valence-corrected chi connectivity index (χ1v) is 5.88. The van der Waals surface area contributed by atoms with Gasteiger partial charge in [-0.2, -0.15) is 15.0 Å². The molecule has 0 saturated carbocycles. The molecule has 1 aromatic carbocycles. The number of rotatable bonds is 2. The van der Waals surface area contributed by atoms with Gasteiger partial charge in [0.15, 0.2) is 5.69 Å².